The molecule has 0 aliphatic heterocycles. The van der Waals surface area contributed by atoms with Crippen molar-refractivity contribution >= 4 is 47.0 Å². The lowest BCUT2D eigenvalue weighted by molar-refractivity contribution is -0.116. The van der Waals surface area contributed by atoms with E-state index in [9.17, 15) is 14.4 Å². The van der Waals surface area contributed by atoms with Crippen LogP contribution in [0.3, 0.4) is 0 Å². The second kappa shape index (κ2) is 11.2. The summed E-state index contributed by atoms with van der Waals surface area (Å²) in [4.78, 5) is 35.6. The number of hydrogen-bond acceptors (Lipinski definition) is 4. The topological polar surface area (TPSA) is 96.5 Å². The highest BCUT2D eigenvalue weighted by Gasteiger charge is 2.15. The molecule has 2 aromatic rings. The SMILES string of the molecule is CC(C)(C)OC(=O)NCCC(=O)Nc1ccc(NC(=O)/C=C/c2ccccc2Cl)cc1. The molecule has 0 spiro atoms. The Balaban J connectivity index is 1.77. The lowest BCUT2D eigenvalue weighted by Gasteiger charge is -2.19. The van der Waals surface area contributed by atoms with Gasteiger partial charge in [0.2, 0.25) is 11.8 Å². The molecule has 0 bridgehead atoms. The van der Waals surface area contributed by atoms with Gasteiger partial charge in [-0.1, -0.05) is 29.8 Å². The van der Waals surface area contributed by atoms with Gasteiger partial charge in [-0.25, -0.2) is 4.79 Å². The maximum Gasteiger partial charge on any atom is 0.407 e. The Morgan fingerprint density at radius 1 is 0.968 bits per heavy atom. The molecule has 0 radical (unpaired) electrons. The first-order chi connectivity index (χ1) is 14.6. The standard InChI is InChI=1S/C23H26ClN3O4/c1-23(2,3)31-22(30)25-15-14-21(29)27-18-11-9-17(10-12-18)26-20(28)13-8-16-6-4-5-7-19(16)24/h4-13H,14-15H2,1-3H3,(H,25,30)(H,26,28)(H,27,29)/b13-8+. The van der Waals surface area contributed by atoms with Gasteiger partial charge < -0.3 is 20.7 Å². The van der Waals surface area contributed by atoms with Crippen molar-refractivity contribution in [1.82, 2.24) is 5.32 Å². The molecule has 0 heterocycles. The molecule has 0 unspecified atom stereocenters. The lowest BCUT2D eigenvalue weighted by atomic mass is 10.2. The Morgan fingerprint density at radius 3 is 2.19 bits per heavy atom. The third-order valence-corrected chi connectivity index (χ3v) is 4.12. The Hall–Kier alpha value is -3.32. The number of anilines is 2. The molecule has 7 nitrogen and oxygen atoms in total. The second-order valence-corrected chi connectivity index (χ2v) is 8.06. The van der Waals surface area contributed by atoms with Crippen LogP contribution in [-0.4, -0.2) is 30.1 Å². The summed E-state index contributed by atoms with van der Waals surface area (Å²) < 4.78 is 5.10. The van der Waals surface area contributed by atoms with Crippen LogP contribution in [0.25, 0.3) is 6.08 Å². The van der Waals surface area contributed by atoms with E-state index in [4.69, 9.17) is 16.3 Å². The molecule has 164 valence electrons. The monoisotopic (exact) mass is 443 g/mol. The number of rotatable bonds is 7. The van der Waals surface area contributed by atoms with Gasteiger partial charge in [0.25, 0.3) is 0 Å². The first kappa shape index (κ1) is 24.0. The summed E-state index contributed by atoms with van der Waals surface area (Å²) in [5.41, 5.74) is 1.32. The number of ether oxygens (including phenoxy) is 1. The van der Waals surface area contributed by atoms with Crippen molar-refractivity contribution in [2.45, 2.75) is 32.8 Å². The Morgan fingerprint density at radius 2 is 1.58 bits per heavy atom. The highest BCUT2D eigenvalue weighted by molar-refractivity contribution is 6.32. The van der Waals surface area contributed by atoms with Crippen molar-refractivity contribution in [3.05, 3.63) is 65.2 Å². The highest BCUT2D eigenvalue weighted by Crippen LogP contribution is 2.17. The molecule has 2 rings (SSSR count). The Bertz CT molecular complexity index is 950. The van der Waals surface area contributed by atoms with Gasteiger partial charge in [-0.05, 0) is 62.7 Å². The van der Waals surface area contributed by atoms with E-state index in [0.29, 0.717) is 16.4 Å². The molecule has 0 saturated carbocycles. The highest BCUT2D eigenvalue weighted by atomic mass is 35.5. The van der Waals surface area contributed by atoms with E-state index in [1.54, 1.807) is 57.2 Å². The summed E-state index contributed by atoms with van der Waals surface area (Å²) >= 11 is 6.06. The lowest BCUT2D eigenvalue weighted by Crippen LogP contribution is -2.34. The molecular weight excluding hydrogens is 418 g/mol. The zero-order valence-corrected chi connectivity index (χ0v) is 18.5. The van der Waals surface area contributed by atoms with Crippen molar-refractivity contribution in [3.63, 3.8) is 0 Å². The average molecular weight is 444 g/mol. The number of benzene rings is 2. The third kappa shape index (κ3) is 9.35. The number of hydrogen-bond donors (Lipinski definition) is 3. The van der Waals surface area contributed by atoms with E-state index >= 15 is 0 Å². The third-order valence-electron chi connectivity index (χ3n) is 3.78. The maximum absolute atomic E-state index is 12.1. The van der Waals surface area contributed by atoms with E-state index in [-0.39, 0.29) is 24.8 Å². The molecule has 2 aromatic carbocycles. The molecule has 8 heteroatoms. The first-order valence-electron chi connectivity index (χ1n) is 9.73. The summed E-state index contributed by atoms with van der Waals surface area (Å²) in [6.45, 7) is 5.45. The van der Waals surface area contributed by atoms with Crippen LogP contribution < -0.4 is 16.0 Å². The van der Waals surface area contributed by atoms with Gasteiger partial charge in [0.15, 0.2) is 0 Å². The number of halogens is 1. The number of alkyl carbamates (subject to hydrolysis) is 1. The quantitative estimate of drug-likeness (QED) is 0.533. The first-order valence-corrected chi connectivity index (χ1v) is 10.1. The van der Waals surface area contributed by atoms with Gasteiger partial charge >= 0.3 is 6.09 Å². The van der Waals surface area contributed by atoms with Crippen LogP contribution in [0.1, 0.15) is 32.8 Å². The van der Waals surface area contributed by atoms with E-state index < -0.39 is 11.7 Å². The van der Waals surface area contributed by atoms with Crippen LogP contribution in [0.2, 0.25) is 5.02 Å². The van der Waals surface area contributed by atoms with Crippen molar-refractivity contribution in [2.24, 2.45) is 0 Å². The largest absolute Gasteiger partial charge is 0.444 e. The van der Waals surface area contributed by atoms with Crippen LogP contribution in [0.15, 0.2) is 54.6 Å². The maximum atomic E-state index is 12.1. The molecule has 3 amide bonds. The van der Waals surface area contributed by atoms with Crippen molar-refractivity contribution < 1.29 is 19.1 Å². The predicted molar refractivity (Wildman–Crippen MR) is 123 cm³/mol. The van der Waals surface area contributed by atoms with Crippen LogP contribution in [-0.2, 0) is 14.3 Å². The fourth-order valence-corrected chi connectivity index (χ4v) is 2.61. The van der Waals surface area contributed by atoms with Crippen molar-refractivity contribution in [3.8, 4) is 0 Å². The molecule has 0 aliphatic rings. The number of nitrogens with one attached hydrogen (secondary N) is 3. The van der Waals surface area contributed by atoms with Crippen molar-refractivity contribution in [2.75, 3.05) is 17.2 Å². The van der Waals surface area contributed by atoms with Gasteiger partial charge in [-0.15, -0.1) is 0 Å². The predicted octanol–water partition coefficient (Wildman–Crippen LogP) is 4.85. The summed E-state index contributed by atoms with van der Waals surface area (Å²) in [5.74, 6) is -0.555. The fraction of sp³-hybridized carbons (Fsp3) is 0.261. The summed E-state index contributed by atoms with van der Waals surface area (Å²) in [7, 11) is 0. The summed E-state index contributed by atoms with van der Waals surface area (Å²) in [6, 6.07) is 13.9. The van der Waals surface area contributed by atoms with Crippen LogP contribution in [0.5, 0.6) is 0 Å². The molecule has 0 atom stereocenters. The van der Waals surface area contributed by atoms with Crippen LogP contribution in [0, 0.1) is 0 Å². The van der Waals surface area contributed by atoms with Gasteiger partial charge in [-0.3, -0.25) is 9.59 Å². The molecular formula is C23H26ClN3O4. The summed E-state index contributed by atoms with van der Waals surface area (Å²) in [5, 5.41) is 8.55. The molecule has 0 fully saturated rings. The van der Waals surface area contributed by atoms with E-state index in [2.05, 4.69) is 16.0 Å². The van der Waals surface area contributed by atoms with Gasteiger partial charge in [-0.2, -0.15) is 0 Å². The molecule has 31 heavy (non-hydrogen) atoms. The van der Waals surface area contributed by atoms with Crippen LogP contribution >= 0.6 is 11.6 Å². The van der Waals surface area contributed by atoms with Gasteiger partial charge in [0, 0.05) is 35.4 Å². The average Bonchev–Trinajstić information content (AvgIpc) is 2.67. The minimum Gasteiger partial charge on any atom is -0.444 e. The summed E-state index contributed by atoms with van der Waals surface area (Å²) in [6.07, 6.45) is 2.57. The minimum atomic E-state index is -0.589. The molecule has 0 saturated heterocycles. The normalized spacial score (nSPS) is 11.1. The fourth-order valence-electron chi connectivity index (χ4n) is 2.41. The van der Waals surface area contributed by atoms with E-state index in [1.807, 2.05) is 18.2 Å². The number of carbonyl (C=O) groups is 3. The smallest absolute Gasteiger partial charge is 0.407 e. The minimum absolute atomic E-state index is 0.102. The van der Waals surface area contributed by atoms with E-state index in [1.165, 1.54) is 6.08 Å². The zero-order chi connectivity index (χ0) is 22.9. The second-order valence-electron chi connectivity index (χ2n) is 7.65. The number of amides is 3. The van der Waals surface area contributed by atoms with Crippen LogP contribution in [0.4, 0.5) is 16.2 Å². The molecule has 0 aliphatic carbocycles. The number of carbonyl (C=O) groups excluding carboxylic acids is 3. The zero-order valence-electron chi connectivity index (χ0n) is 17.7. The Kier molecular flexibility index (Phi) is 8.63. The van der Waals surface area contributed by atoms with Crippen molar-refractivity contribution in [1.29, 1.82) is 0 Å². The van der Waals surface area contributed by atoms with E-state index in [0.717, 1.165) is 5.56 Å². The Labute approximate surface area is 186 Å². The van der Waals surface area contributed by atoms with Gasteiger partial charge in [0.05, 0.1) is 0 Å². The van der Waals surface area contributed by atoms with Gasteiger partial charge in [0.1, 0.15) is 5.60 Å². The molecule has 3 N–H and O–H groups in total. The molecule has 0 aromatic heterocycles.